The van der Waals surface area contributed by atoms with Gasteiger partial charge in [-0.05, 0) is 50.4 Å². The number of benzene rings is 1. The number of nitriles is 1. The van der Waals surface area contributed by atoms with Crippen molar-refractivity contribution < 1.29 is 0 Å². The van der Waals surface area contributed by atoms with Crippen LogP contribution in [0.15, 0.2) is 18.2 Å². The van der Waals surface area contributed by atoms with E-state index in [1.54, 1.807) is 0 Å². The molecule has 0 spiro atoms. The van der Waals surface area contributed by atoms with Crippen LogP contribution in [0.3, 0.4) is 0 Å². The van der Waals surface area contributed by atoms with E-state index in [1.165, 1.54) is 23.2 Å². The third kappa shape index (κ3) is 2.41. The summed E-state index contributed by atoms with van der Waals surface area (Å²) in [4.78, 5) is 5.05. The van der Waals surface area contributed by atoms with Gasteiger partial charge in [-0.25, -0.2) is 0 Å². The first kappa shape index (κ1) is 13.5. The molecule has 3 nitrogen and oxygen atoms in total. The first-order valence-corrected chi connectivity index (χ1v) is 7.64. The Hall–Kier alpha value is -1.53. The lowest BCUT2D eigenvalue weighted by atomic mass is 10.1. The van der Waals surface area contributed by atoms with Gasteiger partial charge in [0, 0.05) is 31.4 Å². The average Bonchev–Trinajstić information content (AvgIpc) is 3.09. The molecule has 2 fully saturated rings. The number of likely N-dealkylation sites (tertiary alicyclic amines) is 1. The Morgan fingerprint density at radius 3 is 2.75 bits per heavy atom. The molecule has 2 unspecified atom stereocenters. The second-order valence-corrected chi connectivity index (χ2v) is 6.22. The maximum absolute atomic E-state index is 9.04. The van der Waals surface area contributed by atoms with Crippen molar-refractivity contribution >= 4 is 5.69 Å². The third-order valence-electron chi connectivity index (χ3n) is 5.00. The van der Waals surface area contributed by atoms with Gasteiger partial charge in [0.2, 0.25) is 0 Å². The van der Waals surface area contributed by atoms with Crippen molar-refractivity contribution in [2.24, 2.45) is 5.92 Å². The topological polar surface area (TPSA) is 30.3 Å². The Bertz CT molecular complexity index is 532. The second-order valence-electron chi connectivity index (χ2n) is 6.22. The fourth-order valence-electron chi connectivity index (χ4n) is 3.56. The summed E-state index contributed by atoms with van der Waals surface area (Å²) in [6, 6.07) is 9.64. The summed E-state index contributed by atoms with van der Waals surface area (Å²) in [6.07, 6.45) is 2.28. The molecular formula is C17H23N3. The van der Waals surface area contributed by atoms with Crippen LogP contribution < -0.4 is 4.90 Å². The first-order valence-electron chi connectivity index (χ1n) is 7.64. The first-order chi connectivity index (χ1) is 9.69. The maximum atomic E-state index is 9.04. The highest BCUT2D eigenvalue weighted by Crippen LogP contribution is 2.29. The van der Waals surface area contributed by atoms with E-state index in [0.717, 1.165) is 32.6 Å². The fourth-order valence-corrected chi connectivity index (χ4v) is 3.56. The number of rotatable bonds is 2. The van der Waals surface area contributed by atoms with Crippen LogP contribution in [0.2, 0.25) is 0 Å². The van der Waals surface area contributed by atoms with Gasteiger partial charge in [0.1, 0.15) is 0 Å². The minimum atomic E-state index is 0.254. The highest BCUT2D eigenvalue weighted by molar-refractivity contribution is 5.56. The van der Waals surface area contributed by atoms with Crippen LogP contribution in [-0.2, 0) is 0 Å². The lowest BCUT2D eigenvalue weighted by Gasteiger charge is -2.25. The van der Waals surface area contributed by atoms with Gasteiger partial charge in [-0.1, -0.05) is 12.1 Å². The summed E-state index contributed by atoms with van der Waals surface area (Å²) in [5.41, 5.74) is 4.17. The van der Waals surface area contributed by atoms with Crippen LogP contribution in [0.1, 0.15) is 24.0 Å². The van der Waals surface area contributed by atoms with E-state index in [9.17, 15) is 0 Å². The zero-order valence-electron chi connectivity index (χ0n) is 12.5. The molecule has 0 radical (unpaired) electrons. The molecule has 0 aliphatic carbocycles. The number of hydrogen-bond acceptors (Lipinski definition) is 3. The molecule has 2 heterocycles. The fraction of sp³-hybridized carbons (Fsp3) is 0.588. The van der Waals surface area contributed by atoms with Crippen LogP contribution >= 0.6 is 0 Å². The van der Waals surface area contributed by atoms with E-state index in [0.29, 0.717) is 6.04 Å². The van der Waals surface area contributed by atoms with Crippen LogP contribution in [0, 0.1) is 31.1 Å². The quantitative estimate of drug-likeness (QED) is 0.827. The molecule has 2 aliphatic rings. The van der Waals surface area contributed by atoms with Gasteiger partial charge in [0.25, 0.3) is 0 Å². The number of hydrogen-bond donors (Lipinski definition) is 0. The summed E-state index contributed by atoms with van der Waals surface area (Å²) in [5.74, 6) is 0.254. The van der Waals surface area contributed by atoms with Gasteiger partial charge >= 0.3 is 0 Å². The van der Waals surface area contributed by atoms with Gasteiger partial charge in [0.15, 0.2) is 0 Å². The predicted octanol–water partition coefficient (Wildman–Crippen LogP) is 2.73. The van der Waals surface area contributed by atoms with Gasteiger partial charge in [-0.2, -0.15) is 5.26 Å². The molecule has 2 aliphatic heterocycles. The normalized spacial score (nSPS) is 26.9. The Labute approximate surface area is 121 Å². The number of aryl methyl sites for hydroxylation is 1. The van der Waals surface area contributed by atoms with Crippen LogP contribution in [0.4, 0.5) is 5.69 Å². The lowest BCUT2D eigenvalue weighted by molar-refractivity contribution is 0.255. The van der Waals surface area contributed by atoms with Crippen molar-refractivity contribution in [3.8, 4) is 6.07 Å². The molecule has 106 valence electrons. The zero-order chi connectivity index (χ0) is 14.1. The number of nitrogens with zero attached hydrogens (tertiary/aromatic N) is 3. The Morgan fingerprint density at radius 1 is 1.15 bits per heavy atom. The third-order valence-corrected chi connectivity index (χ3v) is 5.00. The molecule has 2 atom stereocenters. The van der Waals surface area contributed by atoms with Gasteiger partial charge in [0.05, 0.1) is 12.0 Å². The van der Waals surface area contributed by atoms with Crippen molar-refractivity contribution in [1.82, 2.24) is 4.90 Å². The second kappa shape index (κ2) is 5.46. The highest BCUT2D eigenvalue weighted by atomic mass is 15.3. The highest BCUT2D eigenvalue weighted by Gasteiger charge is 2.33. The summed E-state index contributed by atoms with van der Waals surface area (Å²) < 4.78 is 0. The molecule has 1 aromatic carbocycles. The van der Waals surface area contributed by atoms with E-state index in [2.05, 4.69) is 47.9 Å². The molecule has 0 N–H and O–H groups in total. The standard InChI is InChI=1S/C17H23N3/c1-13-4-3-5-17(14(13)2)20-9-7-16(12-20)19-8-6-15(10-18)11-19/h3-5,15-16H,6-9,11-12H2,1-2H3. The molecule has 0 aromatic heterocycles. The Morgan fingerprint density at radius 2 is 2.00 bits per heavy atom. The predicted molar refractivity (Wildman–Crippen MR) is 81.8 cm³/mol. The Kier molecular flexibility index (Phi) is 3.67. The summed E-state index contributed by atoms with van der Waals surface area (Å²) in [6.45, 7) is 8.74. The van der Waals surface area contributed by atoms with Crippen molar-refractivity contribution in [3.63, 3.8) is 0 Å². The minimum absolute atomic E-state index is 0.254. The van der Waals surface area contributed by atoms with E-state index in [1.807, 2.05) is 0 Å². The monoisotopic (exact) mass is 269 g/mol. The van der Waals surface area contributed by atoms with Crippen molar-refractivity contribution in [3.05, 3.63) is 29.3 Å². The van der Waals surface area contributed by atoms with E-state index in [4.69, 9.17) is 5.26 Å². The SMILES string of the molecule is Cc1cccc(N2CCC(N3CCC(C#N)C3)C2)c1C. The lowest BCUT2D eigenvalue weighted by Crippen LogP contribution is -2.36. The molecule has 1 aromatic rings. The van der Waals surface area contributed by atoms with Crippen molar-refractivity contribution in [1.29, 1.82) is 5.26 Å². The molecule has 0 saturated carbocycles. The van der Waals surface area contributed by atoms with Crippen molar-refractivity contribution in [2.75, 3.05) is 31.1 Å². The smallest absolute Gasteiger partial charge is 0.0669 e. The van der Waals surface area contributed by atoms with E-state index in [-0.39, 0.29) is 5.92 Å². The summed E-state index contributed by atoms with van der Waals surface area (Å²) in [7, 11) is 0. The maximum Gasteiger partial charge on any atom is 0.0669 e. The molecule has 0 bridgehead atoms. The summed E-state index contributed by atoms with van der Waals surface area (Å²) in [5, 5.41) is 9.04. The minimum Gasteiger partial charge on any atom is -0.370 e. The molecule has 0 amide bonds. The van der Waals surface area contributed by atoms with E-state index < -0.39 is 0 Å². The van der Waals surface area contributed by atoms with Gasteiger partial charge < -0.3 is 4.90 Å². The van der Waals surface area contributed by atoms with Crippen LogP contribution in [-0.4, -0.2) is 37.1 Å². The summed E-state index contributed by atoms with van der Waals surface area (Å²) >= 11 is 0. The van der Waals surface area contributed by atoms with Gasteiger partial charge in [-0.15, -0.1) is 0 Å². The van der Waals surface area contributed by atoms with Crippen LogP contribution in [0.5, 0.6) is 0 Å². The largest absolute Gasteiger partial charge is 0.370 e. The molecule has 2 saturated heterocycles. The van der Waals surface area contributed by atoms with Gasteiger partial charge in [-0.3, -0.25) is 4.90 Å². The molecule has 20 heavy (non-hydrogen) atoms. The van der Waals surface area contributed by atoms with Crippen molar-refractivity contribution in [2.45, 2.75) is 32.7 Å². The van der Waals surface area contributed by atoms with E-state index >= 15 is 0 Å². The average molecular weight is 269 g/mol. The zero-order valence-corrected chi connectivity index (χ0v) is 12.5. The molecule has 3 rings (SSSR count). The Balaban J connectivity index is 1.68. The molecular weight excluding hydrogens is 246 g/mol. The van der Waals surface area contributed by atoms with Crippen LogP contribution in [0.25, 0.3) is 0 Å². The molecule has 3 heteroatoms. The number of anilines is 1.